The first-order chi connectivity index (χ1) is 6.63. The van der Waals surface area contributed by atoms with Crippen molar-refractivity contribution in [3.63, 3.8) is 0 Å². The second kappa shape index (κ2) is 4.98. The molecular formula is C11H18N2O. The van der Waals surface area contributed by atoms with Crippen LogP contribution >= 0.6 is 0 Å². The van der Waals surface area contributed by atoms with E-state index in [1.165, 1.54) is 11.1 Å². The van der Waals surface area contributed by atoms with Gasteiger partial charge in [-0.05, 0) is 44.0 Å². The van der Waals surface area contributed by atoms with Crippen LogP contribution in [-0.2, 0) is 0 Å². The number of hydrazine groups is 1. The summed E-state index contributed by atoms with van der Waals surface area (Å²) in [7, 11) is 0. The highest BCUT2D eigenvalue weighted by Crippen LogP contribution is 2.16. The SMILES string of the molecule is Cc1ccc(OCC(C)NN)cc1C. The molecule has 3 heteroatoms. The summed E-state index contributed by atoms with van der Waals surface area (Å²) in [5, 5.41) is 0. The lowest BCUT2D eigenvalue weighted by Crippen LogP contribution is -2.36. The second-order valence-corrected chi connectivity index (χ2v) is 3.62. The third-order valence-corrected chi connectivity index (χ3v) is 2.26. The average molecular weight is 194 g/mol. The molecule has 1 atom stereocenters. The maximum atomic E-state index is 5.55. The summed E-state index contributed by atoms with van der Waals surface area (Å²) >= 11 is 0. The summed E-state index contributed by atoms with van der Waals surface area (Å²) in [5.41, 5.74) is 5.16. The third kappa shape index (κ3) is 3.01. The van der Waals surface area contributed by atoms with E-state index in [4.69, 9.17) is 10.6 Å². The van der Waals surface area contributed by atoms with E-state index in [0.29, 0.717) is 6.61 Å². The van der Waals surface area contributed by atoms with Crippen molar-refractivity contribution in [3.8, 4) is 5.75 Å². The molecule has 1 unspecified atom stereocenters. The van der Waals surface area contributed by atoms with Crippen molar-refractivity contribution >= 4 is 0 Å². The highest BCUT2D eigenvalue weighted by Gasteiger charge is 2.00. The van der Waals surface area contributed by atoms with Crippen LogP contribution in [-0.4, -0.2) is 12.6 Å². The molecular weight excluding hydrogens is 176 g/mol. The molecule has 0 aliphatic rings. The van der Waals surface area contributed by atoms with Gasteiger partial charge in [-0.25, -0.2) is 0 Å². The summed E-state index contributed by atoms with van der Waals surface area (Å²) in [6, 6.07) is 6.24. The minimum Gasteiger partial charge on any atom is -0.492 e. The zero-order chi connectivity index (χ0) is 10.6. The fraction of sp³-hybridized carbons (Fsp3) is 0.455. The van der Waals surface area contributed by atoms with Gasteiger partial charge in [0.05, 0.1) is 6.04 Å². The Kier molecular flexibility index (Phi) is 3.92. The molecule has 14 heavy (non-hydrogen) atoms. The first-order valence-electron chi connectivity index (χ1n) is 4.79. The van der Waals surface area contributed by atoms with Gasteiger partial charge in [-0.3, -0.25) is 11.3 Å². The van der Waals surface area contributed by atoms with Crippen LogP contribution in [0.15, 0.2) is 18.2 Å². The number of nitrogens with one attached hydrogen (secondary N) is 1. The van der Waals surface area contributed by atoms with Crippen LogP contribution in [0.25, 0.3) is 0 Å². The summed E-state index contributed by atoms with van der Waals surface area (Å²) in [6.45, 7) is 6.72. The fourth-order valence-electron chi connectivity index (χ4n) is 1.07. The lowest BCUT2D eigenvalue weighted by atomic mass is 10.1. The van der Waals surface area contributed by atoms with E-state index in [-0.39, 0.29) is 6.04 Å². The predicted octanol–water partition coefficient (Wildman–Crippen LogP) is 1.53. The highest BCUT2D eigenvalue weighted by molar-refractivity contribution is 5.33. The minimum atomic E-state index is 0.164. The van der Waals surface area contributed by atoms with E-state index in [1.54, 1.807) is 0 Å². The van der Waals surface area contributed by atoms with Gasteiger partial charge in [0.25, 0.3) is 0 Å². The van der Waals surface area contributed by atoms with E-state index in [1.807, 2.05) is 19.1 Å². The molecule has 0 aliphatic heterocycles. The van der Waals surface area contributed by atoms with Crippen LogP contribution < -0.4 is 16.0 Å². The van der Waals surface area contributed by atoms with Gasteiger partial charge in [0.2, 0.25) is 0 Å². The summed E-state index contributed by atoms with van der Waals surface area (Å²) in [5.74, 6) is 6.16. The summed E-state index contributed by atoms with van der Waals surface area (Å²) < 4.78 is 5.55. The molecule has 0 amide bonds. The lowest BCUT2D eigenvalue weighted by molar-refractivity contribution is 0.274. The van der Waals surface area contributed by atoms with Gasteiger partial charge >= 0.3 is 0 Å². The molecule has 3 nitrogen and oxygen atoms in total. The van der Waals surface area contributed by atoms with Crippen molar-refractivity contribution in [2.24, 2.45) is 5.84 Å². The first kappa shape index (κ1) is 11.0. The number of aryl methyl sites for hydroxylation is 2. The molecule has 1 aromatic carbocycles. The van der Waals surface area contributed by atoms with Gasteiger partial charge in [0.15, 0.2) is 0 Å². The van der Waals surface area contributed by atoms with E-state index in [0.717, 1.165) is 5.75 Å². The molecule has 1 aromatic rings. The standard InChI is InChI=1S/C11H18N2O/c1-8-4-5-11(6-9(8)2)14-7-10(3)13-12/h4-6,10,13H,7,12H2,1-3H3. The van der Waals surface area contributed by atoms with Crippen molar-refractivity contribution in [2.45, 2.75) is 26.8 Å². The van der Waals surface area contributed by atoms with Crippen LogP contribution in [0.2, 0.25) is 0 Å². The molecule has 0 fully saturated rings. The minimum absolute atomic E-state index is 0.164. The Morgan fingerprint density at radius 1 is 1.36 bits per heavy atom. The Bertz CT molecular complexity index is 299. The fourth-order valence-corrected chi connectivity index (χ4v) is 1.07. The van der Waals surface area contributed by atoms with Crippen molar-refractivity contribution in [1.82, 2.24) is 5.43 Å². The zero-order valence-corrected chi connectivity index (χ0v) is 9.00. The molecule has 0 radical (unpaired) electrons. The van der Waals surface area contributed by atoms with Crippen LogP contribution in [0.3, 0.4) is 0 Å². The molecule has 0 aliphatic carbocycles. The van der Waals surface area contributed by atoms with Crippen LogP contribution in [0.4, 0.5) is 0 Å². The van der Waals surface area contributed by atoms with Gasteiger partial charge in [-0.2, -0.15) is 0 Å². The Labute approximate surface area is 85.2 Å². The Morgan fingerprint density at radius 2 is 2.07 bits per heavy atom. The molecule has 0 saturated heterocycles. The highest BCUT2D eigenvalue weighted by atomic mass is 16.5. The Hall–Kier alpha value is -1.06. The quantitative estimate of drug-likeness (QED) is 0.564. The summed E-state index contributed by atoms with van der Waals surface area (Å²) in [4.78, 5) is 0. The monoisotopic (exact) mass is 194 g/mol. The van der Waals surface area contributed by atoms with Crippen molar-refractivity contribution < 1.29 is 4.74 Å². The number of hydrogen-bond donors (Lipinski definition) is 2. The van der Waals surface area contributed by atoms with E-state index in [9.17, 15) is 0 Å². The van der Waals surface area contributed by atoms with Crippen LogP contribution in [0.1, 0.15) is 18.1 Å². The Morgan fingerprint density at radius 3 is 2.64 bits per heavy atom. The maximum absolute atomic E-state index is 5.55. The van der Waals surface area contributed by atoms with Gasteiger partial charge in [0, 0.05) is 0 Å². The van der Waals surface area contributed by atoms with Crippen LogP contribution in [0, 0.1) is 13.8 Å². The molecule has 0 bridgehead atoms. The normalized spacial score (nSPS) is 12.6. The van der Waals surface area contributed by atoms with Gasteiger partial charge in [-0.1, -0.05) is 6.07 Å². The molecule has 0 spiro atoms. The van der Waals surface area contributed by atoms with E-state index < -0.39 is 0 Å². The molecule has 0 heterocycles. The average Bonchev–Trinajstić information content (AvgIpc) is 2.19. The van der Waals surface area contributed by atoms with Gasteiger partial charge in [0.1, 0.15) is 12.4 Å². The van der Waals surface area contributed by atoms with Crippen molar-refractivity contribution in [3.05, 3.63) is 29.3 Å². The largest absolute Gasteiger partial charge is 0.492 e. The number of rotatable bonds is 4. The van der Waals surface area contributed by atoms with Gasteiger partial charge < -0.3 is 4.74 Å². The summed E-state index contributed by atoms with van der Waals surface area (Å²) in [6.07, 6.45) is 0. The number of nitrogens with two attached hydrogens (primary N) is 1. The Balaban J connectivity index is 2.55. The van der Waals surface area contributed by atoms with Gasteiger partial charge in [-0.15, -0.1) is 0 Å². The first-order valence-corrected chi connectivity index (χ1v) is 4.79. The van der Waals surface area contributed by atoms with E-state index in [2.05, 4.69) is 25.3 Å². The third-order valence-electron chi connectivity index (χ3n) is 2.26. The van der Waals surface area contributed by atoms with Crippen molar-refractivity contribution in [1.29, 1.82) is 0 Å². The maximum Gasteiger partial charge on any atom is 0.119 e. The number of benzene rings is 1. The predicted molar refractivity (Wildman–Crippen MR) is 58.2 cm³/mol. The molecule has 1 rings (SSSR count). The zero-order valence-electron chi connectivity index (χ0n) is 9.00. The molecule has 0 aromatic heterocycles. The van der Waals surface area contributed by atoms with E-state index >= 15 is 0 Å². The molecule has 3 N–H and O–H groups in total. The lowest BCUT2D eigenvalue weighted by Gasteiger charge is -2.12. The number of ether oxygens (including phenoxy) is 1. The number of hydrogen-bond acceptors (Lipinski definition) is 3. The van der Waals surface area contributed by atoms with Crippen LogP contribution in [0.5, 0.6) is 5.75 Å². The molecule has 78 valence electrons. The second-order valence-electron chi connectivity index (χ2n) is 3.62. The smallest absolute Gasteiger partial charge is 0.119 e. The topological polar surface area (TPSA) is 47.3 Å². The van der Waals surface area contributed by atoms with Crippen molar-refractivity contribution in [2.75, 3.05) is 6.61 Å². The molecule has 0 saturated carbocycles.